The van der Waals surface area contributed by atoms with Crippen molar-refractivity contribution in [2.45, 2.75) is 24.3 Å². The largest absolute Gasteiger partial charge is 0.389 e. The molecule has 0 aliphatic heterocycles. The first-order chi connectivity index (χ1) is 8.16. The standard InChI is InChI=1S/C11H19N3O3S/c1-11(2,15)8-14(4)18(16,17)9-5-6-13-10(7-9)12-3/h5-7,15H,8H2,1-4H3,(H,12,13). The van der Waals surface area contributed by atoms with Crippen molar-refractivity contribution in [1.29, 1.82) is 0 Å². The van der Waals surface area contributed by atoms with Crippen LogP contribution in [0.25, 0.3) is 0 Å². The number of hydrogen-bond acceptors (Lipinski definition) is 5. The van der Waals surface area contributed by atoms with E-state index in [2.05, 4.69) is 10.3 Å². The summed E-state index contributed by atoms with van der Waals surface area (Å²) in [6.07, 6.45) is 1.43. The van der Waals surface area contributed by atoms with Crippen LogP contribution in [-0.2, 0) is 10.0 Å². The number of pyridine rings is 1. The minimum absolute atomic E-state index is 0.0204. The molecule has 0 radical (unpaired) electrons. The molecule has 0 aliphatic rings. The summed E-state index contributed by atoms with van der Waals surface area (Å²) >= 11 is 0. The molecule has 7 heteroatoms. The van der Waals surface area contributed by atoms with Crippen LogP contribution in [-0.4, -0.2) is 49.1 Å². The molecule has 102 valence electrons. The third kappa shape index (κ3) is 3.66. The molecule has 18 heavy (non-hydrogen) atoms. The van der Waals surface area contributed by atoms with Gasteiger partial charge in [-0.25, -0.2) is 13.4 Å². The van der Waals surface area contributed by atoms with E-state index in [0.717, 1.165) is 4.31 Å². The van der Waals surface area contributed by atoms with E-state index in [1.807, 2.05) is 0 Å². The minimum Gasteiger partial charge on any atom is -0.389 e. The van der Waals surface area contributed by atoms with Crippen LogP contribution in [0.2, 0.25) is 0 Å². The predicted molar refractivity (Wildman–Crippen MR) is 69.9 cm³/mol. The molecule has 0 saturated heterocycles. The molecule has 0 bridgehead atoms. The summed E-state index contributed by atoms with van der Waals surface area (Å²) in [5, 5.41) is 12.5. The SMILES string of the molecule is CNc1cc(S(=O)(=O)N(C)CC(C)(C)O)ccn1. The van der Waals surface area contributed by atoms with Gasteiger partial charge in [0.15, 0.2) is 0 Å². The summed E-state index contributed by atoms with van der Waals surface area (Å²) in [6, 6.07) is 2.88. The molecule has 0 unspecified atom stereocenters. The lowest BCUT2D eigenvalue weighted by Gasteiger charge is -2.25. The lowest BCUT2D eigenvalue weighted by atomic mass is 10.1. The summed E-state index contributed by atoms with van der Waals surface area (Å²) < 4.78 is 25.6. The number of rotatable bonds is 5. The van der Waals surface area contributed by atoms with Crippen molar-refractivity contribution in [1.82, 2.24) is 9.29 Å². The van der Waals surface area contributed by atoms with Gasteiger partial charge in [-0.3, -0.25) is 0 Å². The lowest BCUT2D eigenvalue weighted by Crippen LogP contribution is -2.39. The third-order valence-corrected chi connectivity index (χ3v) is 4.10. The topological polar surface area (TPSA) is 82.5 Å². The van der Waals surface area contributed by atoms with Gasteiger partial charge in [0, 0.05) is 32.9 Å². The van der Waals surface area contributed by atoms with Gasteiger partial charge in [0.05, 0.1) is 10.5 Å². The third-order valence-electron chi connectivity index (χ3n) is 2.31. The van der Waals surface area contributed by atoms with Gasteiger partial charge in [0.25, 0.3) is 0 Å². The highest BCUT2D eigenvalue weighted by Gasteiger charge is 2.26. The number of likely N-dealkylation sites (N-methyl/N-ethyl adjacent to an activating group) is 1. The Balaban J connectivity index is 3.05. The van der Waals surface area contributed by atoms with Crippen molar-refractivity contribution in [2.24, 2.45) is 0 Å². The van der Waals surface area contributed by atoms with Crippen LogP contribution in [0.1, 0.15) is 13.8 Å². The molecule has 1 rings (SSSR count). The Morgan fingerprint density at radius 1 is 1.50 bits per heavy atom. The molecule has 0 atom stereocenters. The van der Waals surface area contributed by atoms with E-state index in [0.29, 0.717) is 5.82 Å². The number of aromatic nitrogens is 1. The second-order valence-corrected chi connectivity index (χ2v) is 6.75. The van der Waals surface area contributed by atoms with Gasteiger partial charge in [0.1, 0.15) is 5.82 Å². The first-order valence-electron chi connectivity index (χ1n) is 5.49. The maximum Gasteiger partial charge on any atom is 0.243 e. The van der Waals surface area contributed by atoms with Crippen molar-refractivity contribution in [2.75, 3.05) is 26.0 Å². The van der Waals surface area contributed by atoms with Crippen molar-refractivity contribution in [3.8, 4) is 0 Å². The van der Waals surface area contributed by atoms with Gasteiger partial charge in [-0.15, -0.1) is 0 Å². The number of anilines is 1. The van der Waals surface area contributed by atoms with Crippen LogP contribution in [0, 0.1) is 0 Å². The summed E-state index contributed by atoms with van der Waals surface area (Å²) in [5.41, 5.74) is -1.08. The highest BCUT2D eigenvalue weighted by atomic mass is 32.2. The van der Waals surface area contributed by atoms with Gasteiger partial charge < -0.3 is 10.4 Å². The Bertz CT molecular complexity index is 509. The van der Waals surface area contributed by atoms with Crippen molar-refractivity contribution in [3.63, 3.8) is 0 Å². The minimum atomic E-state index is -3.61. The van der Waals surface area contributed by atoms with Gasteiger partial charge in [-0.05, 0) is 19.9 Å². The average Bonchev–Trinajstić information content (AvgIpc) is 2.27. The Hall–Kier alpha value is -1.18. The molecule has 1 heterocycles. The van der Waals surface area contributed by atoms with Crippen LogP contribution in [0.15, 0.2) is 23.2 Å². The van der Waals surface area contributed by atoms with Crippen LogP contribution in [0.4, 0.5) is 5.82 Å². The fraction of sp³-hybridized carbons (Fsp3) is 0.545. The van der Waals surface area contributed by atoms with E-state index in [1.54, 1.807) is 20.9 Å². The van der Waals surface area contributed by atoms with E-state index in [1.165, 1.54) is 25.4 Å². The second-order valence-electron chi connectivity index (χ2n) is 4.70. The molecule has 0 saturated carbocycles. The van der Waals surface area contributed by atoms with Crippen LogP contribution >= 0.6 is 0 Å². The average molecular weight is 273 g/mol. The van der Waals surface area contributed by atoms with Crippen LogP contribution in [0.5, 0.6) is 0 Å². The van der Waals surface area contributed by atoms with Crippen LogP contribution < -0.4 is 5.32 Å². The van der Waals surface area contributed by atoms with Gasteiger partial charge in [0.2, 0.25) is 10.0 Å². The Labute approximate surface area is 108 Å². The van der Waals surface area contributed by atoms with E-state index in [4.69, 9.17) is 0 Å². The molecule has 2 N–H and O–H groups in total. The Kier molecular flexibility index (Phi) is 4.31. The maximum atomic E-state index is 12.2. The number of sulfonamides is 1. The van der Waals surface area contributed by atoms with Crippen molar-refractivity contribution in [3.05, 3.63) is 18.3 Å². The van der Waals surface area contributed by atoms with Gasteiger partial charge in [-0.2, -0.15) is 4.31 Å². The molecule has 1 aromatic rings. The molecule has 0 aliphatic carbocycles. The molecule has 0 fully saturated rings. The van der Waals surface area contributed by atoms with E-state index in [-0.39, 0.29) is 11.4 Å². The second kappa shape index (κ2) is 5.21. The molecule has 0 amide bonds. The summed E-state index contributed by atoms with van der Waals surface area (Å²) in [5.74, 6) is 0.479. The van der Waals surface area contributed by atoms with E-state index < -0.39 is 15.6 Å². The van der Waals surface area contributed by atoms with Crippen molar-refractivity contribution < 1.29 is 13.5 Å². The molecule has 1 aromatic heterocycles. The van der Waals surface area contributed by atoms with Crippen LogP contribution in [0.3, 0.4) is 0 Å². The summed E-state index contributed by atoms with van der Waals surface area (Å²) in [7, 11) is -0.508. The molecule has 0 aromatic carbocycles. The lowest BCUT2D eigenvalue weighted by molar-refractivity contribution is 0.0640. The van der Waals surface area contributed by atoms with Gasteiger partial charge >= 0.3 is 0 Å². The maximum absolute atomic E-state index is 12.2. The fourth-order valence-electron chi connectivity index (χ4n) is 1.52. The quantitative estimate of drug-likeness (QED) is 0.817. The number of nitrogens with one attached hydrogen (secondary N) is 1. The normalized spacial score (nSPS) is 12.8. The zero-order valence-electron chi connectivity index (χ0n) is 11.0. The van der Waals surface area contributed by atoms with E-state index in [9.17, 15) is 13.5 Å². The van der Waals surface area contributed by atoms with Crippen molar-refractivity contribution >= 4 is 15.8 Å². The Morgan fingerprint density at radius 2 is 2.11 bits per heavy atom. The number of aliphatic hydroxyl groups is 1. The smallest absolute Gasteiger partial charge is 0.243 e. The van der Waals surface area contributed by atoms with Gasteiger partial charge in [-0.1, -0.05) is 0 Å². The highest BCUT2D eigenvalue weighted by Crippen LogP contribution is 2.18. The number of nitrogens with zero attached hydrogens (tertiary/aromatic N) is 2. The molecule has 6 nitrogen and oxygen atoms in total. The fourth-order valence-corrected chi connectivity index (χ4v) is 2.86. The first kappa shape index (κ1) is 14.9. The first-order valence-corrected chi connectivity index (χ1v) is 6.93. The monoisotopic (exact) mass is 273 g/mol. The molecule has 0 spiro atoms. The summed E-state index contributed by atoms with van der Waals surface area (Å²) in [4.78, 5) is 4.11. The van der Waals surface area contributed by atoms with E-state index >= 15 is 0 Å². The molecular formula is C11H19N3O3S. The molecular weight excluding hydrogens is 254 g/mol. The number of hydrogen-bond donors (Lipinski definition) is 2. The highest BCUT2D eigenvalue weighted by molar-refractivity contribution is 7.89. The predicted octanol–water partition coefficient (Wildman–Crippen LogP) is 0.515. The zero-order valence-corrected chi connectivity index (χ0v) is 11.8. The zero-order chi connectivity index (χ0) is 14.0. The summed E-state index contributed by atoms with van der Waals surface area (Å²) in [6.45, 7) is 3.14. The Morgan fingerprint density at radius 3 is 2.61 bits per heavy atom.